The molecule has 0 bridgehead atoms. The molecule has 2 aromatic heterocycles. The number of nitrogens with zero attached hydrogens (tertiary/aromatic N) is 6. The van der Waals surface area contributed by atoms with Crippen LogP contribution in [0.2, 0.25) is 0 Å². The fraction of sp³-hybridized carbons (Fsp3) is 0.353. The van der Waals surface area contributed by atoms with Gasteiger partial charge in [-0.25, -0.2) is 9.67 Å². The second-order valence-electron chi connectivity index (χ2n) is 6.19. The number of H-pyrrole nitrogens is 1. The summed E-state index contributed by atoms with van der Waals surface area (Å²) in [5, 5.41) is 11.1. The van der Waals surface area contributed by atoms with Crippen LogP contribution in [0.15, 0.2) is 43.0 Å². The van der Waals surface area contributed by atoms with Crippen molar-refractivity contribution >= 4 is 5.91 Å². The molecule has 1 amide bonds. The van der Waals surface area contributed by atoms with Gasteiger partial charge in [0.15, 0.2) is 6.61 Å². The van der Waals surface area contributed by atoms with Gasteiger partial charge in [0.1, 0.15) is 17.9 Å². The van der Waals surface area contributed by atoms with Gasteiger partial charge in [0.25, 0.3) is 5.91 Å². The first-order valence-electron chi connectivity index (χ1n) is 8.53. The number of hydrogen-bond donors (Lipinski definition) is 1. The molecular weight excluding hydrogens is 334 g/mol. The minimum atomic E-state index is -0.0194. The van der Waals surface area contributed by atoms with Gasteiger partial charge in [0.2, 0.25) is 0 Å². The molecule has 1 aromatic carbocycles. The van der Waals surface area contributed by atoms with Crippen molar-refractivity contribution in [3.8, 4) is 11.4 Å². The van der Waals surface area contributed by atoms with E-state index in [1.54, 1.807) is 12.3 Å². The molecule has 1 aliphatic heterocycles. The number of carbonyl (C=O) groups excluding carboxylic acids is 1. The Kier molecular flexibility index (Phi) is 4.59. The minimum Gasteiger partial charge on any atom is -0.484 e. The molecule has 4 rings (SSSR count). The summed E-state index contributed by atoms with van der Waals surface area (Å²) in [4.78, 5) is 21.8. The standard InChI is InChI=1S/C17H19N7O2/c25-16(23-8-2-3-13(10-23)17-18-6-7-19-17)11-26-15-5-1-4-14(9-15)24-12-20-21-22-24/h1,4-7,9,12-13H,2-3,8,10-11H2,(H,18,19)/t13-/m0/s1. The van der Waals surface area contributed by atoms with Crippen molar-refractivity contribution in [2.45, 2.75) is 18.8 Å². The van der Waals surface area contributed by atoms with Gasteiger partial charge < -0.3 is 14.6 Å². The molecule has 0 aliphatic carbocycles. The highest BCUT2D eigenvalue weighted by molar-refractivity contribution is 5.78. The zero-order chi connectivity index (χ0) is 17.8. The first-order chi connectivity index (χ1) is 12.8. The summed E-state index contributed by atoms with van der Waals surface area (Å²) in [5.74, 6) is 1.78. The number of benzene rings is 1. The minimum absolute atomic E-state index is 0.00390. The van der Waals surface area contributed by atoms with E-state index in [2.05, 4.69) is 25.5 Å². The Morgan fingerprint density at radius 3 is 3.15 bits per heavy atom. The second-order valence-corrected chi connectivity index (χ2v) is 6.19. The Morgan fingerprint density at radius 2 is 2.35 bits per heavy atom. The predicted octanol–water partition coefficient (Wildman–Crippen LogP) is 1.17. The average Bonchev–Trinajstić information content (AvgIpc) is 3.40. The smallest absolute Gasteiger partial charge is 0.260 e. The maximum Gasteiger partial charge on any atom is 0.260 e. The Balaban J connectivity index is 1.36. The lowest BCUT2D eigenvalue weighted by molar-refractivity contribution is -0.134. The molecule has 1 atom stereocenters. The molecule has 1 saturated heterocycles. The highest BCUT2D eigenvalue weighted by Gasteiger charge is 2.26. The molecule has 26 heavy (non-hydrogen) atoms. The van der Waals surface area contributed by atoms with Crippen LogP contribution in [0.3, 0.4) is 0 Å². The van der Waals surface area contributed by atoms with E-state index in [0.29, 0.717) is 12.3 Å². The monoisotopic (exact) mass is 353 g/mol. The van der Waals surface area contributed by atoms with Gasteiger partial charge in [-0.1, -0.05) is 6.07 Å². The fourth-order valence-electron chi connectivity index (χ4n) is 3.16. The van der Waals surface area contributed by atoms with Crippen LogP contribution in [-0.4, -0.2) is 60.7 Å². The fourth-order valence-corrected chi connectivity index (χ4v) is 3.16. The Bertz CT molecular complexity index is 848. The van der Waals surface area contributed by atoms with E-state index >= 15 is 0 Å². The molecule has 1 N–H and O–H groups in total. The highest BCUT2D eigenvalue weighted by Crippen LogP contribution is 2.24. The topological polar surface area (TPSA) is 102 Å². The molecule has 9 heteroatoms. The van der Waals surface area contributed by atoms with Crippen molar-refractivity contribution in [1.82, 2.24) is 35.1 Å². The summed E-state index contributed by atoms with van der Waals surface area (Å²) in [5.41, 5.74) is 0.774. The number of likely N-dealkylation sites (tertiary alicyclic amines) is 1. The first-order valence-corrected chi connectivity index (χ1v) is 8.53. The Morgan fingerprint density at radius 1 is 1.38 bits per heavy atom. The molecule has 0 radical (unpaired) electrons. The molecule has 134 valence electrons. The lowest BCUT2D eigenvalue weighted by atomic mass is 9.97. The summed E-state index contributed by atoms with van der Waals surface area (Å²) in [6.07, 6.45) is 7.07. The van der Waals surface area contributed by atoms with Gasteiger partial charge in [-0.3, -0.25) is 4.79 Å². The summed E-state index contributed by atoms with van der Waals surface area (Å²) in [6, 6.07) is 7.31. The normalized spacial score (nSPS) is 17.2. The number of amides is 1. The zero-order valence-electron chi connectivity index (χ0n) is 14.2. The third kappa shape index (κ3) is 3.56. The number of tetrazole rings is 1. The van der Waals surface area contributed by atoms with Crippen LogP contribution in [0, 0.1) is 0 Å². The number of piperidine rings is 1. The molecule has 0 unspecified atom stereocenters. The second kappa shape index (κ2) is 7.34. The van der Waals surface area contributed by atoms with Gasteiger partial charge >= 0.3 is 0 Å². The quantitative estimate of drug-likeness (QED) is 0.739. The molecular formula is C17H19N7O2. The van der Waals surface area contributed by atoms with Gasteiger partial charge in [0.05, 0.1) is 5.69 Å². The first kappa shape index (κ1) is 16.2. The number of imidazole rings is 1. The number of rotatable bonds is 5. The lowest BCUT2D eigenvalue weighted by Gasteiger charge is -2.31. The molecule has 3 heterocycles. The van der Waals surface area contributed by atoms with Crippen LogP contribution >= 0.6 is 0 Å². The SMILES string of the molecule is O=C(COc1cccc(-n2cnnn2)c1)N1CCC[C@H](c2ncc[nH]2)C1. The van der Waals surface area contributed by atoms with E-state index in [1.165, 1.54) is 11.0 Å². The Labute approximate surface area is 150 Å². The summed E-state index contributed by atoms with van der Waals surface area (Å²) >= 11 is 0. The van der Waals surface area contributed by atoms with Crippen molar-refractivity contribution < 1.29 is 9.53 Å². The Hall–Kier alpha value is -3.23. The van der Waals surface area contributed by atoms with Crippen LogP contribution in [0.1, 0.15) is 24.6 Å². The zero-order valence-corrected chi connectivity index (χ0v) is 14.2. The van der Waals surface area contributed by atoms with E-state index in [-0.39, 0.29) is 18.4 Å². The maximum absolute atomic E-state index is 12.5. The molecule has 9 nitrogen and oxygen atoms in total. The number of ether oxygens (including phenoxy) is 1. The van der Waals surface area contributed by atoms with E-state index < -0.39 is 0 Å². The van der Waals surface area contributed by atoms with Crippen LogP contribution in [0.5, 0.6) is 5.75 Å². The molecule has 1 fully saturated rings. The number of aromatic nitrogens is 6. The average molecular weight is 353 g/mol. The van der Waals surface area contributed by atoms with Crippen molar-refractivity contribution in [2.24, 2.45) is 0 Å². The van der Waals surface area contributed by atoms with Gasteiger partial charge in [-0.05, 0) is 35.4 Å². The van der Waals surface area contributed by atoms with E-state index in [4.69, 9.17) is 4.74 Å². The van der Waals surface area contributed by atoms with E-state index in [1.807, 2.05) is 29.3 Å². The van der Waals surface area contributed by atoms with Gasteiger partial charge in [-0.2, -0.15) is 0 Å². The number of nitrogens with one attached hydrogen (secondary N) is 1. The molecule has 3 aromatic rings. The van der Waals surface area contributed by atoms with Crippen LogP contribution in [0.25, 0.3) is 5.69 Å². The van der Waals surface area contributed by atoms with E-state index in [9.17, 15) is 4.79 Å². The third-order valence-electron chi connectivity index (χ3n) is 4.47. The lowest BCUT2D eigenvalue weighted by Crippen LogP contribution is -2.41. The van der Waals surface area contributed by atoms with Crippen LogP contribution in [0.4, 0.5) is 0 Å². The third-order valence-corrected chi connectivity index (χ3v) is 4.47. The van der Waals surface area contributed by atoms with Crippen molar-refractivity contribution in [3.05, 3.63) is 48.8 Å². The molecule has 0 spiro atoms. The number of aromatic amines is 1. The van der Waals surface area contributed by atoms with Crippen LogP contribution in [-0.2, 0) is 4.79 Å². The van der Waals surface area contributed by atoms with E-state index in [0.717, 1.165) is 30.9 Å². The molecule has 0 saturated carbocycles. The van der Waals surface area contributed by atoms with Crippen molar-refractivity contribution in [3.63, 3.8) is 0 Å². The van der Waals surface area contributed by atoms with Crippen LogP contribution < -0.4 is 4.74 Å². The largest absolute Gasteiger partial charge is 0.484 e. The summed E-state index contributed by atoms with van der Waals surface area (Å²) in [6.45, 7) is 1.42. The predicted molar refractivity (Wildman–Crippen MR) is 91.8 cm³/mol. The van der Waals surface area contributed by atoms with Gasteiger partial charge in [0, 0.05) is 37.5 Å². The highest BCUT2D eigenvalue weighted by atomic mass is 16.5. The summed E-state index contributed by atoms with van der Waals surface area (Å²) in [7, 11) is 0. The maximum atomic E-state index is 12.5. The molecule has 1 aliphatic rings. The van der Waals surface area contributed by atoms with Crippen molar-refractivity contribution in [1.29, 1.82) is 0 Å². The number of hydrogen-bond acceptors (Lipinski definition) is 6. The number of carbonyl (C=O) groups is 1. The van der Waals surface area contributed by atoms with Crippen molar-refractivity contribution in [2.75, 3.05) is 19.7 Å². The summed E-state index contributed by atoms with van der Waals surface area (Å²) < 4.78 is 7.22. The van der Waals surface area contributed by atoms with Gasteiger partial charge in [-0.15, -0.1) is 5.10 Å².